The highest BCUT2D eigenvalue weighted by Gasteiger charge is 2.34. The van der Waals surface area contributed by atoms with E-state index >= 15 is 0 Å². The Labute approximate surface area is 96.6 Å². The van der Waals surface area contributed by atoms with Gasteiger partial charge in [0.05, 0.1) is 13.2 Å². The lowest BCUT2D eigenvalue weighted by atomic mass is 10.2. The van der Waals surface area contributed by atoms with Gasteiger partial charge in [0.25, 0.3) is 5.91 Å². The summed E-state index contributed by atoms with van der Waals surface area (Å²) in [5, 5.41) is 15.3. The van der Waals surface area contributed by atoms with Crippen LogP contribution in [0.2, 0.25) is 0 Å². The fraction of sp³-hybridized carbons (Fsp3) is 0.556. The number of H-pyrrole nitrogens is 1. The number of carboxylic acids is 1. The standard InChI is InChI=1S/C9H12N4O4/c1-5-10-7(12-11-5)8(14)13-2-3-17-4-6(13)9(15)16/h6H,2-4H2,1H3,(H,15,16)(H,10,11,12). The number of rotatable bonds is 2. The van der Waals surface area contributed by atoms with Crippen molar-refractivity contribution in [2.45, 2.75) is 13.0 Å². The van der Waals surface area contributed by atoms with Crippen LogP contribution in [0.1, 0.15) is 16.4 Å². The lowest BCUT2D eigenvalue weighted by Gasteiger charge is -2.31. The highest BCUT2D eigenvalue weighted by Crippen LogP contribution is 2.10. The molecule has 1 saturated heterocycles. The largest absolute Gasteiger partial charge is 0.480 e. The zero-order valence-corrected chi connectivity index (χ0v) is 9.21. The summed E-state index contributed by atoms with van der Waals surface area (Å²) in [6.45, 7) is 2.20. The second-order valence-electron chi connectivity index (χ2n) is 3.67. The zero-order chi connectivity index (χ0) is 12.4. The molecule has 2 heterocycles. The van der Waals surface area contributed by atoms with Crippen LogP contribution in [-0.4, -0.2) is 62.9 Å². The van der Waals surface area contributed by atoms with Gasteiger partial charge in [0.2, 0.25) is 5.82 Å². The molecular formula is C9H12N4O4. The van der Waals surface area contributed by atoms with Crippen LogP contribution < -0.4 is 0 Å². The molecule has 0 aromatic carbocycles. The third-order valence-corrected chi connectivity index (χ3v) is 2.46. The number of morpholine rings is 1. The summed E-state index contributed by atoms with van der Waals surface area (Å²) in [5.74, 6) is -1.10. The number of amides is 1. The van der Waals surface area contributed by atoms with Crippen LogP contribution in [-0.2, 0) is 9.53 Å². The van der Waals surface area contributed by atoms with Crippen molar-refractivity contribution < 1.29 is 19.4 Å². The number of aromatic amines is 1. The summed E-state index contributed by atoms with van der Waals surface area (Å²) in [7, 11) is 0. The molecule has 17 heavy (non-hydrogen) atoms. The van der Waals surface area contributed by atoms with Gasteiger partial charge in [-0.2, -0.15) is 0 Å². The van der Waals surface area contributed by atoms with Gasteiger partial charge in [-0.05, 0) is 6.92 Å². The maximum Gasteiger partial charge on any atom is 0.328 e. The SMILES string of the molecule is Cc1nc(C(=O)N2CCOCC2C(=O)O)n[nH]1. The van der Waals surface area contributed by atoms with E-state index in [1.54, 1.807) is 6.92 Å². The number of aromatic nitrogens is 3. The van der Waals surface area contributed by atoms with Crippen molar-refractivity contribution >= 4 is 11.9 Å². The molecule has 2 N–H and O–H groups in total. The van der Waals surface area contributed by atoms with Crippen LogP contribution in [0.15, 0.2) is 0 Å². The van der Waals surface area contributed by atoms with E-state index < -0.39 is 17.9 Å². The van der Waals surface area contributed by atoms with Crippen LogP contribution in [0, 0.1) is 6.92 Å². The van der Waals surface area contributed by atoms with E-state index in [0.717, 1.165) is 0 Å². The van der Waals surface area contributed by atoms with Crippen molar-refractivity contribution in [2.75, 3.05) is 19.8 Å². The van der Waals surface area contributed by atoms with Crippen molar-refractivity contribution in [2.24, 2.45) is 0 Å². The first-order valence-corrected chi connectivity index (χ1v) is 5.10. The van der Waals surface area contributed by atoms with Crippen molar-refractivity contribution in [3.63, 3.8) is 0 Å². The van der Waals surface area contributed by atoms with Gasteiger partial charge in [-0.3, -0.25) is 9.89 Å². The number of nitrogens with one attached hydrogen (secondary N) is 1. The Morgan fingerprint density at radius 1 is 1.59 bits per heavy atom. The van der Waals surface area contributed by atoms with Gasteiger partial charge in [-0.25, -0.2) is 9.78 Å². The van der Waals surface area contributed by atoms with Crippen molar-refractivity contribution in [1.29, 1.82) is 0 Å². The number of nitrogens with zero attached hydrogens (tertiary/aromatic N) is 3. The van der Waals surface area contributed by atoms with Crippen LogP contribution in [0.4, 0.5) is 0 Å². The second-order valence-corrected chi connectivity index (χ2v) is 3.67. The minimum absolute atomic E-state index is 0.00945. The first-order chi connectivity index (χ1) is 8.09. The van der Waals surface area contributed by atoms with Gasteiger partial charge in [-0.1, -0.05) is 0 Å². The molecule has 1 aliphatic rings. The van der Waals surface area contributed by atoms with Crippen molar-refractivity contribution in [1.82, 2.24) is 20.1 Å². The molecule has 8 nitrogen and oxygen atoms in total. The molecular weight excluding hydrogens is 228 g/mol. The molecule has 1 aliphatic heterocycles. The molecule has 0 radical (unpaired) electrons. The van der Waals surface area contributed by atoms with Gasteiger partial charge < -0.3 is 14.7 Å². The Balaban J connectivity index is 2.19. The summed E-state index contributed by atoms with van der Waals surface area (Å²) in [4.78, 5) is 28.1. The summed E-state index contributed by atoms with van der Waals surface area (Å²) < 4.78 is 5.04. The van der Waals surface area contributed by atoms with E-state index in [4.69, 9.17) is 9.84 Å². The first kappa shape index (κ1) is 11.5. The van der Waals surface area contributed by atoms with E-state index in [2.05, 4.69) is 15.2 Å². The number of hydrogen-bond donors (Lipinski definition) is 2. The van der Waals surface area contributed by atoms with Crippen LogP contribution in [0.3, 0.4) is 0 Å². The molecule has 8 heteroatoms. The summed E-state index contributed by atoms with van der Waals surface area (Å²) in [6.07, 6.45) is 0. The normalized spacial score (nSPS) is 20.3. The Hall–Kier alpha value is -1.96. The molecule has 0 spiro atoms. The minimum atomic E-state index is -1.09. The minimum Gasteiger partial charge on any atom is -0.480 e. The van der Waals surface area contributed by atoms with Gasteiger partial charge in [0, 0.05) is 6.54 Å². The van der Waals surface area contributed by atoms with Gasteiger partial charge >= 0.3 is 5.97 Å². The topological polar surface area (TPSA) is 108 Å². The van der Waals surface area contributed by atoms with Crippen LogP contribution in [0.25, 0.3) is 0 Å². The molecule has 2 rings (SSSR count). The number of ether oxygens (including phenoxy) is 1. The molecule has 1 amide bonds. The second kappa shape index (κ2) is 4.50. The van der Waals surface area contributed by atoms with Crippen LogP contribution in [0.5, 0.6) is 0 Å². The average Bonchev–Trinajstić information content (AvgIpc) is 2.75. The molecule has 92 valence electrons. The van der Waals surface area contributed by atoms with E-state index in [1.165, 1.54) is 4.90 Å². The highest BCUT2D eigenvalue weighted by molar-refractivity contribution is 5.93. The maximum absolute atomic E-state index is 12.0. The van der Waals surface area contributed by atoms with Gasteiger partial charge in [-0.15, -0.1) is 5.10 Å². The fourth-order valence-electron chi connectivity index (χ4n) is 1.62. The predicted octanol–water partition coefficient (Wildman–Crippen LogP) is -0.961. The highest BCUT2D eigenvalue weighted by atomic mass is 16.5. The Kier molecular flexibility index (Phi) is 3.05. The van der Waals surface area contributed by atoms with Crippen molar-refractivity contribution in [3.05, 3.63) is 11.6 Å². The Morgan fingerprint density at radius 2 is 2.35 bits per heavy atom. The van der Waals surface area contributed by atoms with E-state index in [-0.39, 0.29) is 19.0 Å². The predicted molar refractivity (Wildman–Crippen MR) is 54.4 cm³/mol. The third-order valence-electron chi connectivity index (χ3n) is 2.46. The maximum atomic E-state index is 12.0. The first-order valence-electron chi connectivity index (χ1n) is 5.10. The Bertz CT molecular complexity index is 444. The lowest BCUT2D eigenvalue weighted by molar-refractivity contribution is -0.147. The van der Waals surface area contributed by atoms with Gasteiger partial charge in [0.15, 0.2) is 6.04 Å². The number of carbonyl (C=O) groups excluding carboxylic acids is 1. The molecule has 0 saturated carbocycles. The fourth-order valence-corrected chi connectivity index (χ4v) is 1.62. The quantitative estimate of drug-likeness (QED) is 0.689. The van der Waals surface area contributed by atoms with E-state index in [9.17, 15) is 9.59 Å². The molecule has 1 aromatic rings. The van der Waals surface area contributed by atoms with E-state index in [1.807, 2.05) is 0 Å². The molecule has 1 fully saturated rings. The number of aryl methyl sites for hydroxylation is 1. The third kappa shape index (κ3) is 2.26. The Morgan fingerprint density at radius 3 is 2.94 bits per heavy atom. The zero-order valence-electron chi connectivity index (χ0n) is 9.21. The van der Waals surface area contributed by atoms with Gasteiger partial charge in [0.1, 0.15) is 5.82 Å². The molecule has 0 aliphatic carbocycles. The summed E-state index contributed by atoms with van der Waals surface area (Å²) in [6, 6.07) is -0.977. The number of aliphatic carboxylic acids is 1. The molecule has 0 bridgehead atoms. The summed E-state index contributed by atoms with van der Waals surface area (Å²) in [5.41, 5.74) is 0. The number of hydrogen-bond acceptors (Lipinski definition) is 5. The monoisotopic (exact) mass is 240 g/mol. The molecule has 1 aromatic heterocycles. The number of carboxylic acid groups (broad SMARTS) is 1. The van der Waals surface area contributed by atoms with E-state index in [0.29, 0.717) is 12.4 Å². The molecule has 1 unspecified atom stereocenters. The van der Waals surface area contributed by atoms with Crippen LogP contribution >= 0.6 is 0 Å². The number of carbonyl (C=O) groups is 2. The average molecular weight is 240 g/mol. The lowest BCUT2D eigenvalue weighted by Crippen LogP contribution is -2.52. The smallest absolute Gasteiger partial charge is 0.328 e. The van der Waals surface area contributed by atoms with Crippen molar-refractivity contribution in [3.8, 4) is 0 Å². The molecule has 1 atom stereocenters. The summed E-state index contributed by atoms with van der Waals surface area (Å²) >= 11 is 0.